The summed E-state index contributed by atoms with van der Waals surface area (Å²) in [4.78, 5) is 33.9. The molecule has 0 fully saturated rings. The molecule has 1 amide bonds. The van der Waals surface area contributed by atoms with Gasteiger partial charge in [0.25, 0.3) is 0 Å². The lowest BCUT2D eigenvalue weighted by molar-refractivity contribution is -0.145. The lowest BCUT2D eigenvalue weighted by atomic mass is 10.1. The molecule has 0 aromatic heterocycles. The molecule has 0 aliphatic heterocycles. The molecule has 2 atom stereocenters. The zero-order chi connectivity index (χ0) is 14.8. The molecule has 19 heavy (non-hydrogen) atoms. The fraction of sp³-hybridized carbons (Fsp3) is 0.583. The summed E-state index contributed by atoms with van der Waals surface area (Å²) in [5.74, 6) is 0.608. The first-order chi connectivity index (χ1) is 8.96. The molecule has 3 N–H and O–H groups in total. The highest BCUT2D eigenvalue weighted by Crippen LogP contribution is 2.00. The molecular weight excluding hydrogens is 252 g/mol. The molecule has 0 aromatic carbocycles. The van der Waals surface area contributed by atoms with Crippen LogP contribution in [0.1, 0.15) is 19.3 Å². The molecule has 2 unspecified atom stereocenters. The van der Waals surface area contributed by atoms with Crippen LogP contribution in [0.25, 0.3) is 0 Å². The third-order valence-corrected chi connectivity index (χ3v) is 2.33. The van der Waals surface area contributed by atoms with E-state index in [0.29, 0.717) is 0 Å². The highest BCUT2D eigenvalue weighted by Gasteiger charge is 2.21. The minimum Gasteiger partial charge on any atom is -0.468 e. The number of nitrogens with one attached hydrogen (secondary N) is 1. The fourth-order valence-electron chi connectivity index (χ4n) is 1.28. The number of rotatable bonds is 7. The number of carbonyl (C=O) groups is 3. The Labute approximate surface area is 111 Å². The van der Waals surface area contributed by atoms with E-state index >= 15 is 0 Å². The summed E-state index contributed by atoms with van der Waals surface area (Å²) in [6.45, 7) is 0. The standard InChI is InChI=1S/C12H18N2O5/c1-4-5-9(12(17)19-3)14-10(15)7-6-8(13)11(16)18-2/h1,8-9H,5-7,13H2,2-3H3,(H,14,15). The van der Waals surface area contributed by atoms with Crippen LogP contribution in [-0.4, -0.2) is 44.1 Å². The molecule has 0 saturated carbocycles. The molecule has 7 heteroatoms. The van der Waals surface area contributed by atoms with E-state index in [1.165, 1.54) is 14.2 Å². The number of ether oxygens (including phenoxy) is 2. The number of terminal acetylenes is 1. The smallest absolute Gasteiger partial charge is 0.329 e. The summed E-state index contributed by atoms with van der Waals surface area (Å²) in [7, 11) is 2.41. The average molecular weight is 270 g/mol. The highest BCUT2D eigenvalue weighted by molar-refractivity contribution is 5.85. The van der Waals surface area contributed by atoms with Gasteiger partial charge in [-0.25, -0.2) is 4.79 Å². The number of amides is 1. The number of hydrogen-bond donors (Lipinski definition) is 2. The number of methoxy groups -OCH3 is 2. The van der Waals surface area contributed by atoms with E-state index in [0.717, 1.165) is 0 Å². The van der Waals surface area contributed by atoms with Crippen LogP contribution in [0.5, 0.6) is 0 Å². The van der Waals surface area contributed by atoms with Gasteiger partial charge in [-0.1, -0.05) is 0 Å². The van der Waals surface area contributed by atoms with E-state index in [1.54, 1.807) is 0 Å². The van der Waals surface area contributed by atoms with Gasteiger partial charge in [-0.05, 0) is 6.42 Å². The van der Waals surface area contributed by atoms with Crippen molar-refractivity contribution in [3.63, 3.8) is 0 Å². The Morgan fingerprint density at radius 3 is 2.32 bits per heavy atom. The van der Waals surface area contributed by atoms with Crippen LogP contribution in [0.4, 0.5) is 0 Å². The molecule has 0 aliphatic rings. The van der Waals surface area contributed by atoms with Gasteiger partial charge >= 0.3 is 11.9 Å². The van der Waals surface area contributed by atoms with Gasteiger partial charge in [0, 0.05) is 12.8 Å². The van der Waals surface area contributed by atoms with Crippen LogP contribution in [-0.2, 0) is 23.9 Å². The van der Waals surface area contributed by atoms with Crippen molar-refractivity contribution in [2.75, 3.05) is 14.2 Å². The monoisotopic (exact) mass is 270 g/mol. The van der Waals surface area contributed by atoms with E-state index in [1.807, 2.05) is 0 Å². The minimum absolute atomic E-state index is 0.0195. The summed E-state index contributed by atoms with van der Waals surface area (Å²) in [5, 5.41) is 2.42. The van der Waals surface area contributed by atoms with E-state index in [2.05, 4.69) is 20.7 Å². The van der Waals surface area contributed by atoms with Crippen molar-refractivity contribution in [2.24, 2.45) is 5.73 Å². The number of carbonyl (C=O) groups excluding carboxylic acids is 3. The van der Waals surface area contributed by atoms with Gasteiger partial charge in [0.05, 0.1) is 14.2 Å². The zero-order valence-corrected chi connectivity index (χ0v) is 11.0. The van der Waals surface area contributed by atoms with Crippen molar-refractivity contribution in [3.8, 4) is 12.3 Å². The first-order valence-electron chi connectivity index (χ1n) is 5.60. The topological polar surface area (TPSA) is 108 Å². The number of hydrogen-bond acceptors (Lipinski definition) is 6. The molecule has 0 spiro atoms. The maximum absolute atomic E-state index is 11.6. The van der Waals surface area contributed by atoms with Crippen molar-refractivity contribution < 1.29 is 23.9 Å². The van der Waals surface area contributed by atoms with Gasteiger partial charge in [0.15, 0.2) is 0 Å². The third-order valence-electron chi connectivity index (χ3n) is 2.33. The van der Waals surface area contributed by atoms with Crippen LogP contribution in [0.3, 0.4) is 0 Å². The Bertz CT molecular complexity index is 375. The van der Waals surface area contributed by atoms with Crippen molar-refractivity contribution >= 4 is 17.8 Å². The first kappa shape index (κ1) is 16.9. The lowest BCUT2D eigenvalue weighted by Gasteiger charge is -2.14. The van der Waals surface area contributed by atoms with Crippen molar-refractivity contribution in [1.29, 1.82) is 0 Å². The predicted molar refractivity (Wildman–Crippen MR) is 66.6 cm³/mol. The fourth-order valence-corrected chi connectivity index (χ4v) is 1.28. The lowest BCUT2D eigenvalue weighted by Crippen LogP contribution is -2.42. The van der Waals surface area contributed by atoms with E-state index in [9.17, 15) is 14.4 Å². The first-order valence-corrected chi connectivity index (χ1v) is 5.60. The van der Waals surface area contributed by atoms with E-state index in [4.69, 9.17) is 12.2 Å². The van der Waals surface area contributed by atoms with Crippen LogP contribution in [0.2, 0.25) is 0 Å². The number of esters is 2. The Morgan fingerprint density at radius 2 is 1.84 bits per heavy atom. The molecular formula is C12H18N2O5. The Morgan fingerprint density at radius 1 is 1.26 bits per heavy atom. The average Bonchev–Trinajstić information content (AvgIpc) is 2.42. The second-order valence-corrected chi connectivity index (χ2v) is 3.72. The van der Waals surface area contributed by atoms with E-state index in [-0.39, 0.29) is 19.3 Å². The SMILES string of the molecule is C#CCC(NC(=O)CCC(N)C(=O)OC)C(=O)OC. The van der Waals surface area contributed by atoms with Crippen LogP contribution in [0, 0.1) is 12.3 Å². The number of nitrogens with two attached hydrogens (primary N) is 1. The largest absolute Gasteiger partial charge is 0.468 e. The third kappa shape index (κ3) is 6.43. The van der Waals surface area contributed by atoms with Crippen LogP contribution in [0.15, 0.2) is 0 Å². The van der Waals surface area contributed by atoms with Gasteiger partial charge in [-0.3, -0.25) is 9.59 Å². The van der Waals surface area contributed by atoms with Gasteiger partial charge in [0.1, 0.15) is 12.1 Å². The summed E-state index contributed by atoms with van der Waals surface area (Å²) in [6.07, 6.45) is 5.21. The summed E-state index contributed by atoms with van der Waals surface area (Å²) in [5.41, 5.74) is 5.47. The zero-order valence-electron chi connectivity index (χ0n) is 11.0. The Kier molecular flexibility index (Phi) is 7.97. The Balaban J connectivity index is 4.24. The van der Waals surface area contributed by atoms with Crippen molar-refractivity contribution in [2.45, 2.75) is 31.3 Å². The molecule has 7 nitrogen and oxygen atoms in total. The van der Waals surface area contributed by atoms with Crippen LogP contribution < -0.4 is 11.1 Å². The summed E-state index contributed by atoms with van der Waals surface area (Å²) >= 11 is 0. The van der Waals surface area contributed by atoms with E-state index < -0.39 is 29.9 Å². The second kappa shape index (κ2) is 8.94. The summed E-state index contributed by atoms with van der Waals surface area (Å²) in [6, 6.07) is -1.77. The molecule has 0 rings (SSSR count). The van der Waals surface area contributed by atoms with Gasteiger partial charge in [-0.15, -0.1) is 12.3 Å². The summed E-state index contributed by atoms with van der Waals surface area (Å²) < 4.78 is 8.92. The Hall–Kier alpha value is -2.07. The van der Waals surface area contributed by atoms with Crippen molar-refractivity contribution in [3.05, 3.63) is 0 Å². The highest BCUT2D eigenvalue weighted by atomic mass is 16.5. The maximum Gasteiger partial charge on any atom is 0.329 e. The van der Waals surface area contributed by atoms with Gasteiger partial charge in [-0.2, -0.15) is 0 Å². The normalized spacial score (nSPS) is 12.7. The molecule has 0 heterocycles. The maximum atomic E-state index is 11.6. The molecule has 106 valence electrons. The van der Waals surface area contributed by atoms with Crippen molar-refractivity contribution in [1.82, 2.24) is 5.32 Å². The second-order valence-electron chi connectivity index (χ2n) is 3.72. The molecule has 0 bridgehead atoms. The molecule has 0 aliphatic carbocycles. The molecule has 0 radical (unpaired) electrons. The van der Waals surface area contributed by atoms with Gasteiger partial charge in [0.2, 0.25) is 5.91 Å². The molecule has 0 aromatic rings. The van der Waals surface area contributed by atoms with Crippen LogP contribution >= 0.6 is 0 Å². The van der Waals surface area contributed by atoms with Gasteiger partial charge < -0.3 is 20.5 Å². The quantitative estimate of drug-likeness (QED) is 0.451. The predicted octanol–water partition coefficient (Wildman–Crippen LogP) is -1.05. The molecule has 0 saturated heterocycles. The minimum atomic E-state index is -0.892.